The van der Waals surface area contributed by atoms with E-state index < -0.39 is 0 Å². The molecule has 18 heavy (non-hydrogen) atoms. The number of Topliss-reactive ketones (excluding diaryl/α,β-unsaturated/α-hetero) is 2. The largest absolute Gasteiger partial charge is 0.345 e. The van der Waals surface area contributed by atoms with Crippen LogP contribution >= 0.6 is 0 Å². The first-order valence-corrected chi connectivity index (χ1v) is 6.07. The van der Waals surface area contributed by atoms with Crippen LogP contribution in [0.3, 0.4) is 0 Å². The molecule has 0 atom stereocenters. The zero-order chi connectivity index (χ0) is 13.7. The second-order valence-electron chi connectivity index (χ2n) is 4.62. The smallest absolute Gasteiger partial charge is 0.166 e. The van der Waals surface area contributed by atoms with Gasteiger partial charge in [0.25, 0.3) is 0 Å². The first-order valence-electron chi connectivity index (χ1n) is 6.07. The van der Waals surface area contributed by atoms with E-state index >= 15 is 0 Å². The minimum Gasteiger partial charge on any atom is -0.345 e. The Hall–Kier alpha value is -1.71. The maximum atomic E-state index is 11.0. The summed E-state index contributed by atoms with van der Waals surface area (Å²) in [4.78, 5) is 33.0. The van der Waals surface area contributed by atoms with E-state index in [0.29, 0.717) is 31.4 Å². The number of aryl methyl sites for hydroxylation is 1. The summed E-state index contributed by atoms with van der Waals surface area (Å²) >= 11 is 0. The molecule has 1 aromatic heterocycles. The van der Waals surface area contributed by atoms with Crippen LogP contribution in [0.1, 0.15) is 48.4 Å². The van der Waals surface area contributed by atoms with Crippen molar-refractivity contribution >= 4 is 17.9 Å². The van der Waals surface area contributed by atoms with E-state index in [0.717, 1.165) is 17.5 Å². The standard InChI is InChI=1S/C14H19NO3/c1-10(17)4-6-12-8-13(9-16)15(3)14(12)7-5-11(2)18/h8-9H,4-7H2,1-3H3. The number of hydrogen-bond acceptors (Lipinski definition) is 3. The molecule has 0 amide bonds. The summed E-state index contributed by atoms with van der Waals surface area (Å²) in [5, 5.41) is 0. The van der Waals surface area contributed by atoms with Gasteiger partial charge in [-0.3, -0.25) is 4.79 Å². The third kappa shape index (κ3) is 3.65. The average molecular weight is 249 g/mol. The van der Waals surface area contributed by atoms with E-state index in [9.17, 15) is 14.4 Å². The third-order valence-electron chi connectivity index (χ3n) is 3.07. The summed E-state index contributed by atoms with van der Waals surface area (Å²) in [7, 11) is 1.82. The molecule has 1 rings (SSSR count). The molecule has 0 aliphatic carbocycles. The summed E-state index contributed by atoms with van der Waals surface area (Å²) < 4.78 is 1.81. The molecule has 98 valence electrons. The van der Waals surface area contributed by atoms with E-state index in [1.165, 1.54) is 0 Å². The lowest BCUT2D eigenvalue weighted by Gasteiger charge is -2.06. The number of carbonyl (C=O) groups is 3. The SMILES string of the molecule is CC(=O)CCc1cc(C=O)n(C)c1CCC(C)=O. The van der Waals surface area contributed by atoms with Crippen molar-refractivity contribution in [2.75, 3.05) is 0 Å². The Morgan fingerprint density at radius 1 is 1.17 bits per heavy atom. The van der Waals surface area contributed by atoms with Gasteiger partial charge >= 0.3 is 0 Å². The molecule has 0 aliphatic rings. The first kappa shape index (κ1) is 14.4. The van der Waals surface area contributed by atoms with Crippen LogP contribution in [0.4, 0.5) is 0 Å². The molecule has 4 nitrogen and oxygen atoms in total. The number of aldehydes is 1. The lowest BCUT2D eigenvalue weighted by atomic mass is 10.0. The number of carbonyl (C=O) groups excluding carboxylic acids is 3. The second kappa shape index (κ2) is 6.28. The van der Waals surface area contributed by atoms with Crippen molar-refractivity contribution < 1.29 is 14.4 Å². The Labute approximate surface area is 107 Å². The maximum Gasteiger partial charge on any atom is 0.166 e. The fourth-order valence-electron chi connectivity index (χ4n) is 1.99. The molecule has 0 aromatic carbocycles. The Kier molecular flexibility index (Phi) is 5.01. The van der Waals surface area contributed by atoms with Gasteiger partial charge in [0, 0.05) is 25.6 Å². The molecule has 1 heterocycles. The monoisotopic (exact) mass is 249 g/mol. The number of ketones is 2. The zero-order valence-corrected chi connectivity index (χ0v) is 11.2. The minimum absolute atomic E-state index is 0.126. The third-order valence-corrected chi connectivity index (χ3v) is 3.07. The zero-order valence-electron chi connectivity index (χ0n) is 11.2. The lowest BCUT2D eigenvalue weighted by Crippen LogP contribution is -2.05. The average Bonchev–Trinajstić information content (AvgIpc) is 2.60. The van der Waals surface area contributed by atoms with Gasteiger partial charge in [-0.25, -0.2) is 0 Å². The molecule has 0 saturated heterocycles. The van der Waals surface area contributed by atoms with Gasteiger partial charge in [0.1, 0.15) is 11.6 Å². The number of nitrogens with zero attached hydrogens (tertiary/aromatic N) is 1. The van der Waals surface area contributed by atoms with Crippen molar-refractivity contribution in [3.8, 4) is 0 Å². The van der Waals surface area contributed by atoms with E-state index in [1.807, 2.05) is 17.7 Å². The molecular formula is C14H19NO3. The normalized spacial score (nSPS) is 10.4. The lowest BCUT2D eigenvalue weighted by molar-refractivity contribution is -0.117. The highest BCUT2D eigenvalue weighted by atomic mass is 16.1. The van der Waals surface area contributed by atoms with Crippen LogP contribution in [0.5, 0.6) is 0 Å². The molecule has 0 radical (unpaired) electrons. The van der Waals surface area contributed by atoms with Crippen LogP contribution in [0.2, 0.25) is 0 Å². The quantitative estimate of drug-likeness (QED) is 0.693. The molecule has 0 aliphatic heterocycles. The molecule has 0 bridgehead atoms. The number of hydrogen-bond donors (Lipinski definition) is 0. The van der Waals surface area contributed by atoms with Crippen LogP contribution in [0.25, 0.3) is 0 Å². The predicted molar refractivity (Wildman–Crippen MR) is 68.8 cm³/mol. The highest BCUT2D eigenvalue weighted by molar-refractivity contribution is 5.77. The van der Waals surface area contributed by atoms with E-state index in [1.54, 1.807) is 13.8 Å². The van der Waals surface area contributed by atoms with E-state index in [4.69, 9.17) is 0 Å². The van der Waals surface area contributed by atoms with Gasteiger partial charge in [-0.05, 0) is 38.3 Å². The molecule has 0 unspecified atom stereocenters. The molecule has 0 spiro atoms. The van der Waals surface area contributed by atoms with E-state index in [2.05, 4.69) is 0 Å². The van der Waals surface area contributed by atoms with Gasteiger partial charge < -0.3 is 14.2 Å². The van der Waals surface area contributed by atoms with Crippen LogP contribution in [0, 0.1) is 0 Å². The van der Waals surface area contributed by atoms with E-state index in [-0.39, 0.29) is 11.6 Å². The van der Waals surface area contributed by atoms with Gasteiger partial charge in [0.2, 0.25) is 0 Å². The maximum absolute atomic E-state index is 11.0. The summed E-state index contributed by atoms with van der Waals surface area (Å²) in [6.07, 6.45) is 2.98. The fraction of sp³-hybridized carbons (Fsp3) is 0.500. The highest BCUT2D eigenvalue weighted by Gasteiger charge is 2.13. The Morgan fingerprint density at radius 2 is 1.72 bits per heavy atom. The summed E-state index contributed by atoms with van der Waals surface area (Å²) in [6, 6.07) is 1.81. The number of rotatable bonds is 7. The Bertz CT molecular complexity index is 472. The van der Waals surface area contributed by atoms with Crippen molar-refractivity contribution in [1.29, 1.82) is 0 Å². The molecule has 0 N–H and O–H groups in total. The van der Waals surface area contributed by atoms with Crippen LogP contribution in [-0.2, 0) is 29.5 Å². The van der Waals surface area contributed by atoms with Crippen LogP contribution in [-0.4, -0.2) is 22.4 Å². The van der Waals surface area contributed by atoms with Gasteiger partial charge in [0.05, 0.1) is 5.69 Å². The van der Waals surface area contributed by atoms with Crippen molar-refractivity contribution in [3.63, 3.8) is 0 Å². The summed E-state index contributed by atoms with van der Waals surface area (Å²) in [6.45, 7) is 3.11. The number of aromatic nitrogens is 1. The molecule has 4 heteroatoms. The van der Waals surface area contributed by atoms with Crippen molar-refractivity contribution in [2.24, 2.45) is 7.05 Å². The van der Waals surface area contributed by atoms with Gasteiger partial charge in [-0.1, -0.05) is 0 Å². The summed E-state index contributed by atoms with van der Waals surface area (Å²) in [5.41, 5.74) is 2.57. The molecule has 1 aromatic rings. The van der Waals surface area contributed by atoms with Crippen molar-refractivity contribution in [2.45, 2.75) is 39.5 Å². The second-order valence-corrected chi connectivity index (χ2v) is 4.62. The van der Waals surface area contributed by atoms with Gasteiger partial charge in [-0.2, -0.15) is 0 Å². The first-order chi connectivity index (χ1) is 8.45. The predicted octanol–water partition coefficient (Wildman–Crippen LogP) is 1.88. The van der Waals surface area contributed by atoms with Crippen LogP contribution < -0.4 is 0 Å². The highest BCUT2D eigenvalue weighted by Crippen LogP contribution is 2.18. The van der Waals surface area contributed by atoms with Crippen molar-refractivity contribution in [1.82, 2.24) is 4.57 Å². The summed E-state index contributed by atoms with van der Waals surface area (Å²) in [5.74, 6) is 0.255. The minimum atomic E-state index is 0.126. The van der Waals surface area contributed by atoms with Gasteiger partial charge in [-0.15, -0.1) is 0 Å². The fourth-order valence-corrected chi connectivity index (χ4v) is 1.99. The topological polar surface area (TPSA) is 56.1 Å². The molecule has 0 saturated carbocycles. The molecular weight excluding hydrogens is 230 g/mol. The molecule has 0 fully saturated rings. The Morgan fingerprint density at radius 3 is 2.22 bits per heavy atom. The van der Waals surface area contributed by atoms with Crippen molar-refractivity contribution in [3.05, 3.63) is 23.0 Å². The Balaban J connectivity index is 2.95. The van der Waals surface area contributed by atoms with Gasteiger partial charge in [0.15, 0.2) is 6.29 Å². The van der Waals surface area contributed by atoms with Crippen LogP contribution in [0.15, 0.2) is 6.07 Å².